The van der Waals surface area contributed by atoms with E-state index in [0.717, 1.165) is 18.9 Å². The molecule has 10 nitrogen and oxygen atoms in total. The number of fused-ring (bicyclic) bond motifs is 1. The van der Waals surface area contributed by atoms with E-state index in [1.807, 2.05) is 11.6 Å². The molecule has 3 aromatic rings. The van der Waals surface area contributed by atoms with Crippen LogP contribution in [0.1, 0.15) is 37.7 Å². The van der Waals surface area contributed by atoms with E-state index in [4.69, 9.17) is 24.4 Å². The van der Waals surface area contributed by atoms with Crippen LogP contribution in [-0.2, 0) is 9.53 Å². The second-order valence-corrected chi connectivity index (χ2v) is 8.87. The molecule has 0 spiro atoms. The highest BCUT2D eigenvalue weighted by molar-refractivity contribution is 5.73. The number of carboxylic acids is 1. The highest BCUT2D eigenvalue weighted by Gasteiger charge is 2.38. The number of likely N-dealkylation sites (tertiary alicyclic amines) is 1. The Kier molecular flexibility index (Phi) is 7.97. The molecule has 1 unspecified atom stereocenters. The van der Waals surface area contributed by atoms with Crippen LogP contribution in [0.15, 0.2) is 29.2 Å². The summed E-state index contributed by atoms with van der Waals surface area (Å²) in [5, 5.41) is 12.0. The maximum atomic E-state index is 13.8. The lowest BCUT2D eigenvalue weighted by Gasteiger charge is -2.42. The summed E-state index contributed by atoms with van der Waals surface area (Å²) in [7, 11) is 0. The monoisotopic (exact) mass is 545 g/mol. The van der Waals surface area contributed by atoms with Crippen LogP contribution in [0.25, 0.3) is 11.0 Å². The molecule has 2 N–H and O–H groups in total. The highest BCUT2D eigenvalue weighted by atomic mass is 19.4. The van der Waals surface area contributed by atoms with Crippen LogP contribution in [0.2, 0.25) is 0 Å². The number of rotatable bonds is 5. The zero-order valence-electron chi connectivity index (χ0n) is 20.0. The number of hydrogen-bond acceptors (Lipinski definition) is 7. The molecule has 0 radical (unpaired) electrons. The third kappa shape index (κ3) is 6.10. The van der Waals surface area contributed by atoms with E-state index >= 15 is 0 Å². The Labute approximate surface area is 212 Å². The first-order valence-corrected chi connectivity index (χ1v) is 11.6. The molecule has 2 aromatic heterocycles. The van der Waals surface area contributed by atoms with Gasteiger partial charge >= 0.3 is 12.1 Å². The van der Waals surface area contributed by atoms with Crippen molar-refractivity contribution in [3.05, 3.63) is 52.2 Å². The Hall–Kier alpha value is -3.59. The first kappa shape index (κ1) is 27.4. The zero-order valence-corrected chi connectivity index (χ0v) is 20.0. The molecule has 0 saturated carbocycles. The first-order valence-electron chi connectivity index (χ1n) is 11.6. The fraction of sp³-hybridized carbons (Fsp3) is 0.478. The van der Waals surface area contributed by atoms with Gasteiger partial charge in [-0.05, 0) is 31.9 Å². The van der Waals surface area contributed by atoms with E-state index in [9.17, 15) is 26.7 Å². The van der Waals surface area contributed by atoms with Crippen molar-refractivity contribution in [3.63, 3.8) is 0 Å². The summed E-state index contributed by atoms with van der Waals surface area (Å²) < 4.78 is 71.5. The summed E-state index contributed by atoms with van der Waals surface area (Å²) in [6.45, 7) is 4.37. The predicted molar refractivity (Wildman–Crippen MR) is 122 cm³/mol. The van der Waals surface area contributed by atoms with Gasteiger partial charge in [0.05, 0.1) is 18.3 Å². The quantitative estimate of drug-likeness (QED) is 0.469. The van der Waals surface area contributed by atoms with Crippen LogP contribution in [0.4, 0.5) is 22.0 Å². The van der Waals surface area contributed by atoms with Gasteiger partial charge in [-0.15, -0.1) is 0 Å². The van der Waals surface area contributed by atoms with Gasteiger partial charge in [0.15, 0.2) is 17.2 Å². The molecule has 2 aliphatic heterocycles. The number of H-pyrrole nitrogens is 1. The molecule has 2 aliphatic rings. The molecular weight excluding hydrogens is 521 g/mol. The minimum atomic E-state index is -5.08. The molecule has 15 heteroatoms. The van der Waals surface area contributed by atoms with E-state index in [1.165, 1.54) is 12.1 Å². The Morgan fingerprint density at radius 2 is 1.89 bits per heavy atom. The molecule has 38 heavy (non-hydrogen) atoms. The standard InChI is InChI=1S/C21H23F2N5O3.C2HF3O2/c1-12(27-10-15(11-27)31-18-3-2-13(22)8-17(18)23)19-25-20-16(21(29)26-19)9-24-28(20)14-4-6-30-7-5-14;3-2(4,5)1(6)7/h2-3,8-9,12,14-15H,4-7,10-11H2,1H3,(H,25,26,29);(H,6,7). The number of alkyl halides is 3. The molecule has 1 aromatic carbocycles. The number of aromatic nitrogens is 4. The van der Waals surface area contributed by atoms with E-state index in [1.54, 1.807) is 6.20 Å². The second-order valence-electron chi connectivity index (χ2n) is 8.87. The maximum absolute atomic E-state index is 13.8. The maximum Gasteiger partial charge on any atom is 0.490 e. The van der Waals surface area contributed by atoms with E-state index in [0.29, 0.717) is 43.2 Å². The molecule has 206 valence electrons. The van der Waals surface area contributed by atoms with Crippen LogP contribution in [0.5, 0.6) is 5.75 Å². The number of halogens is 5. The summed E-state index contributed by atoms with van der Waals surface area (Å²) in [5.74, 6) is -3.53. The summed E-state index contributed by atoms with van der Waals surface area (Å²) >= 11 is 0. The third-order valence-electron chi connectivity index (χ3n) is 6.27. The number of nitrogens with zero attached hydrogens (tertiary/aromatic N) is 4. The third-order valence-corrected chi connectivity index (χ3v) is 6.27. The summed E-state index contributed by atoms with van der Waals surface area (Å²) in [5.41, 5.74) is 0.367. The molecular formula is C23H24F5N5O5. The molecule has 2 fully saturated rings. The van der Waals surface area contributed by atoms with Gasteiger partial charge in [0.25, 0.3) is 5.56 Å². The number of benzene rings is 1. The van der Waals surface area contributed by atoms with Gasteiger partial charge < -0.3 is 19.6 Å². The van der Waals surface area contributed by atoms with Crippen LogP contribution in [-0.4, -0.2) is 74.3 Å². The van der Waals surface area contributed by atoms with Crippen LogP contribution in [0, 0.1) is 11.6 Å². The number of aliphatic carboxylic acids is 1. The average Bonchev–Trinajstić information content (AvgIpc) is 3.27. The van der Waals surface area contributed by atoms with Gasteiger partial charge in [0.2, 0.25) is 0 Å². The number of aromatic amines is 1. The molecule has 0 amide bonds. The van der Waals surface area contributed by atoms with Gasteiger partial charge in [-0.25, -0.2) is 23.2 Å². The number of hydrogen-bond donors (Lipinski definition) is 2. The van der Waals surface area contributed by atoms with Crippen molar-refractivity contribution in [3.8, 4) is 5.75 Å². The minimum Gasteiger partial charge on any atom is -0.485 e. The molecule has 5 rings (SSSR count). The van der Waals surface area contributed by atoms with Gasteiger partial charge in [-0.1, -0.05) is 0 Å². The van der Waals surface area contributed by atoms with E-state index in [-0.39, 0.29) is 29.5 Å². The SMILES string of the molecule is CC(c1nc2c(cnn2C2CCOCC2)c(=O)[nH]1)N1CC(Oc2ccc(F)cc2F)C1.O=C(O)C(F)(F)F. The van der Waals surface area contributed by atoms with Crippen molar-refractivity contribution in [1.82, 2.24) is 24.6 Å². The molecule has 0 aliphatic carbocycles. The van der Waals surface area contributed by atoms with Gasteiger partial charge in [0, 0.05) is 32.4 Å². The molecule has 1 atom stereocenters. The Balaban J connectivity index is 0.000000426. The van der Waals surface area contributed by atoms with Gasteiger partial charge in [-0.3, -0.25) is 9.69 Å². The lowest BCUT2D eigenvalue weighted by Crippen LogP contribution is -2.54. The van der Waals surface area contributed by atoms with Crippen molar-refractivity contribution >= 4 is 17.0 Å². The Morgan fingerprint density at radius 1 is 1.24 bits per heavy atom. The second kappa shape index (κ2) is 11.0. The lowest BCUT2D eigenvalue weighted by molar-refractivity contribution is -0.192. The minimum absolute atomic E-state index is 0.0343. The summed E-state index contributed by atoms with van der Waals surface area (Å²) in [6, 6.07) is 3.27. The fourth-order valence-electron chi connectivity index (χ4n) is 4.13. The van der Waals surface area contributed by atoms with Gasteiger partial charge in [0.1, 0.15) is 23.1 Å². The Morgan fingerprint density at radius 3 is 2.50 bits per heavy atom. The van der Waals surface area contributed by atoms with E-state index in [2.05, 4.69) is 15.0 Å². The highest BCUT2D eigenvalue weighted by Crippen LogP contribution is 2.29. The molecule has 4 heterocycles. The Bertz CT molecular complexity index is 1350. The van der Waals surface area contributed by atoms with Crippen LogP contribution >= 0.6 is 0 Å². The van der Waals surface area contributed by atoms with Crippen LogP contribution < -0.4 is 10.3 Å². The number of carboxylic acid groups (broad SMARTS) is 1. The molecule has 0 bridgehead atoms. The molecule has 2 saturated heterocycles. The summed E-state index contributed by atoms with van der Waals surface area (Å²) in [6.07, 6.45) is -2.07. The lowest BCUT2D eigenvalue weighted by atomic mass is 10.1. The van der Waals surface area contributed by atoms with Crippen molar-refractivity contribution in [2.24, 2.45) is 0 Å². The zero-order chi connectivity index (χ0) is 27.6. The van der Waals surface area contributed by atoms with Crippen molar-refractivity contribution in [2.75, 3.05) is 26.3 Å². The van der Waals surface area contributed by atoms with E-state index < -0.39 is 23.8 Å². The fourth-order valence-corrected chi connectivity index (χ4v) is 4.13. The van der Waals surface area contributed by atoms with Crippen molar-refractivity contribution < 1.29 is 41.3 Å². The van der Waals surface area contributed by atoms with Crippen LogP contribution in [0.3, 0.4) is 0 Å². The normalized spacial score (nSPS) is 17.9. The smallest absolute Gasteiger partial charge is 0.485 e. The predicted octanol–water partition coefficient (Wildman–Crippen LogP) is 3.21. The van der Waals surface area contributed by atoms with Crippen molar-refractivity contribution in [2.45, 2.75) is 44.1 Å². The van der Waals surface area contributed by atoms with Gasteiger partial charge in [-0.2, -0.15) is 18.3 Å². The number of carbonyl (C=O) groups is 1. The largest absolute Gasteiger partial charge is 0.490 e. The first-order chi connectivity index (χ1) is 17.9. The number of ether oxygens (including phenoxy) is 2. The topological polar surface area (TPSA) is 123 Å². The van der Waals surface area contributed by atoms with Crippen molar-refractivity contribution in [1.29, 1.82) is 0 Å². The summed E-state index contributed by atoms with van der Waals surface area (Å²) in [4.78, 5) is 31.2. The average molecular weight is 545 g/mol. The number of nitrogens with one attached hydrogen (secondary N) is 1.